The number of nitrogens with zero attached hydrogens (tertiary/aromatic N) is 1. The highest BCUT2D eigenvalue weighted by atomic mass is 79.9. The third kappa shape index (κ3) is 3.40. The lowest BCUT2D eigenvalue weighted by Gasteiger charge is -2.11. The van der Waals surface area contributed by atoms with Crippen LogP contribution in [0.2, 0.25) is 0 Å². The number of pyridine rings is 1. The first-order chi connectivity index (χ1) is 8.16. The third-order valence-corrected chi connectivity index (χ3v) is 3.55. The zero-order valence-electron chi connectivity index (χ0n) is 9.28. The van der Waals surface area contributed by atoms with E-state index in [1.54, 1.807) is 12.5 Å². The number of nitrogens with one attached hydrogen (secondary N) is 1. The van der Waals surface area contributed by atoms with Crippen molar-refractivity contribution in [3.63, 3.8) is 0 Å². The summed E-state index contributed by atoms with van der Waals surface area (Å²) in [4.78, 5) is 4.34. The maximum Gasteiger partial charge on any atom is 0.120 e. The van der Waals surface area contributed by atoms with E-state index >= 15 is 0 Å². The van der Waals surface area contributed by atoms with Gasteiger partial charge in [0, 0.05) is 21.7 Å². The minimum Gasteiger partial charge on any atom is -0.468 e. The quantitative estimate of drug-likeness (QED) is 0.894. The van der Waals surface area contributed by atoms with Crippen LogP contribution in [0.25, 0.3) is 0 Å². The van der Waals surface area contributed by atoms with E-state index in [4.69, 9.17) is 4.42 Å². The van der Waals surface area contributed by atoms with Gasteiger partial charge in [-0.3, -0.25) is 4.98 Å². The van der Waals surface area contributed by atoms with Crippen LogP contribution in [0.4, 0.5) is 0 Å². The van der Waals surface area contributed by atoms with Crippen LogP contribution >= 0.6 is 31.9 Å². The van der Waals surface area contributed by atoms with Gasteiger partial charge in [-0.05, 0) is 57.0 Å². The van der Waals surface area contributed by atoms with Crippen molar-refractivity contribution >= 4 is 31.9 Å². The summed E-state index contributed by atoms with van der Waals surface area (Å²) in [6, 6.07) is 6.01. The predicted octanol–water partition coefficient (Wildman–Crippen LogP) is 4.05. The summed E-state index contributed by atoms with van der Waals surface area (Å²) >= 11 is 6.87. The molecule has 3 nitrogen and oxygen atoms in total. The van der Waals surface area contributed by atoms with Gasteiger partial charge in [0.1, 0.15) is 5.76 Å². The van der Waals surface area contributed by atoms with Gasteiger partial charge in [0.2, 0.25) is 0 Å². The first-order valence-electron chi connectivity index (χ1n) is 5.23. The average Bonchev–Trinajstić information content (AvgIpc) is 2.81. The first kappa shape index (κ1) is 12.8. The third-order valence-electron chi connectivity index (χ3n) is 2.43. The van der Waals surface area contributed by atoms with Crippen LogP contribution in [0.15, 0.2) is 44.0 Å². The van der Waals surface area contributed by atoms with Crippen LogP contribution in [0.3, 0.4) is 0 Å². The molecule has 0 aliphatic rings. The van der Waals surface area contributed by atoms with E-state index in [0.29, 0.717) is 6.54 Å². The Balaban J connectivity index is 1.98. The molecule has 17 heavy (non-hydrogen) atoms. The van der Waals surface area contributed by atoms with E-state index in [2.05, 4.69) is 49.1 Å². The van der Waals surface area contributed by atoms with E-state index in [9.17, 15) is 0 Å². The van der Waals surface area contributed by atoms with Gasteiger partial charge >= 0.3 is 0 Å². The molecule has 0 radical (unpaired) electrons. The molecule has 0 saturated carbocycles. The standard InChI is InChI=1S/C12H12Br2N2O/c1-8(12-3-2-4-17-12)15-7-11-10(14)5-9(13)6-16-11/h2-6,8,15H,7H2,1H3/t8-/m1/s1. The van der Waals surface area contributed by atoms with Crippen LogP contribution in [-0.4, -0.2) is 4.98 Å². The number of halogens is 2. The monoisotopic (exact) mass is 358 g/mol. The fourth-order valence-corrected chi connectivity index (χ4v) is 2.59. The molecule has 1 N–H and O–H groups in total. The molecule has 0 aromatic carbocycles. The Hall–Kier alpha value is -0.650. The highest BCUT2D eigenvalue weighted by Crippen LogP contribution is 2.20. The van der Waals surface area contributed by atoms with E-state index < -0.39 is 0 Å². The summed E-state index contributed by atoms with van der Waals surface area (Å²) in [5.41, 5.74) is 0.978. The Morgan fingerprint density at radius 3 is 2.94 bits per heavy atom. The van der Waals surface area contributed by atoms with Gasteiger partial charge in [0.15, 0.2) is 0 Å². The number of hydrogen-bond acceptors (Lipinski definition) is 3. The molecule has 0 amide bonds. The van der Waals surface area contributed by atoms with Gasteiger partial charge < -0.3 is 9.73 Å². The van der Waals surface area contributed by atoms with Crippen LogP contribution < -0.4 is 5.32 Å². The molecule has 0 aliphatic carbocycles. The molecule has 2 heterocycles. The minimum absolute atomic E-state index is 0.169. The Labute approximate surface area is 117 Å². The molecule has 0 bridgehead atoms. The van der Waals surface area contributed by atoms with Crippen molar-refractivity contribution in [3.8, 4) is 0 Å². The lowest BCUT2D eigenvalue weighted by Crippen LogP contribution is -2.18. The van der Waals surface area contributed by atoms with E-state index in [0.717, 1.165) is 20.4 Å². The molecular formula is C12H12Br2N2O. The topological polar surface area (TPSA) is 38.1 Å². The van der Waals surface area contributed by atoms with E-state index in [1.807, 2.05) is 18.2 Å². The number of furan rings is 1. The van der Waals surface area contributed by atoms with E-state index in [1.165, 1.54) is 0 Å². The molecular weight excluding hydrogens is 348 g/mol. The SMILES string of the molecule is C[C@@H](NCc1ncc(Br)cc1Br)c1ccco1. The molecule has 90 valence electrons. The maximum atomic E-state index is 5.33. The molecule has 0 fully saturated rings. The number of hydrogen-bond donors (Lipinski definition) is 1. The van der Waals surface area contributed by atoms with Crippen LogP contribution in [0.5, 0.6) is 0 Å². The average molecular weight is 360 g/mol. The minimum atomic E-state index is 0.169. The normalized spacial score (nSPS) is 12.6. The van der Waals surface area contributed by atoms with Gasteiger partial charge in [-0.25, -0.2) is 0 Å². The summed E-state index contributed by atoms with van der Waals surface area (Å²) in [5.74, 6) is 0.929. The molecule has 2 aromatic heterocycles. The number of rotatable bonds is 4. The summed E-state index contributed by atoms with van der Waals surface area (Å²) in [6.45, 7) is 2.75. The maximum absolute atomic E-state index is 5.33. The van der Waals surface area contributed by atoms with Crippen molar-refractivity contribution in [1.29, 1.82) is 0 Å². The van der Waals surface area contributed by atoms with E-state index in [-0.39, 0.29) is 6.04 Å². The molecule has 0 aliphatic heterocycles. The second-order valence-electron chi connectivity index (χ2n) is 3.70. The fraction of sp³-hybridized carbons (Fsp3) is 0.250. The lowest BCUT2D eigenvalue weighted by molar-refractivity contribution is 0.428. The van der Waals surface area contributed by atoms with Gasteiger partial charge in [0.25, 0.3) is 0 Å². The molecule has 0 saturated heterocycles. The predicted molar refractivity (Wildman–Crippen MR) is 73.6 cm³/mol. The Bertz CT molecular complexity index is 485. The van der Waals surface area contributed by atoms with Crippen molar-refractivity contribution < 1.29 is 4.42 Å². The van der Waals surface area contributed by atoms with Gasteiger partial charge in [0.05, 0.1) is 18.0 Å². The Morgan fingerprint density at radius 1 is 1.47 bits per heavy atom. The second-order valence-corrected chi connectivity index (χ2v) is 5.47. The van der Waals surface area contributed by atoms with Crippen molar-refractivity contribution in [2.45, 2.75) is 19.5 Å². The molecule has 0 unspecified atom stereocenters. The fourth-order valence-electron chi connectivity index (χ4n) is 1.46. The molecule has 2 aromatic rings. The zero-order chi connectivity index (χ0) is 12.3. The Kier molecular flexibility index (Phi) is 4.36. The van der Waals surface area contributed by atoms with Crippen LogP contribution in [0, 0.1) is 0 Å². The molecule has 1 atom stereocenters. The molecule has 5 heteroatoms. The number of aromatic nitrogens is 1. The van der Waals surface area contributed by atoms with Gasteiger partial charge in [-0.2, -0.15) is 0 Å². The molecule has 0 spiro atoms. The van der Waals surface area contributed by atoms with Crippen LogP contribution in [-0.2, 0) is 6.54 Å². The summed E-state index contributed by atoms with van der Waals surface area (Å²) in [6.07, 6.45) is 3.47. The first-order valence-corrected chi connectivity index (χ1v) is 6.82. The van der Waals surface area contributed by atoms with Gasteiger partial charge in [-0.15, -0.1) is 0 Å². The molecule has 2 rings (SSSR count). The van der Waals surface area contributed by atoms with Crippen molar-refractivity contribution in [2.24, 2.45) is 0 Å². The van der Waals surface area contributed by atoms with Gasteiger partial charge in [-0.1, -0.05) is 0 Å². The lowest BCUT2D eigenvalue weighted by atomic mass is 10.2. The van der Waals surface area contributed by atoms with Crippen molar-refractivity contribution in [2.75, 3.05) is 0 Å². The highest BCUT2D eigenvalue weighted by molar-refractivity contribution is 9.11. The van der Waals surface area contributed by atoms with Crippen LogP contribution in [0.1, 0.15) is 24.4 Å². The summed E-state index contributed by atoms with van der Waals surface area (Å²) < 4.78 is 7.29. The highest BCUT2D eigenvalue weighted by Gasteiger charge is 2.09. The zero-order valence-corrected chi connectivity index (χ0v) is 12.5. The van der Waals surface area contributed by atoms with Crippen molar-refractivity contribution in [1.82, 2.24) is 10.3 Å². The Morgan fingerprint density at radius 2 is 2.29 bits per heavy atom. The second kappa shape index (κ2) is 5.80. The van der Waals surface area contributed by atoms with Crippen molar-refractivity contribution in [3.05, 3.63) is 51.1 Å². The largest absolute Gasteiger partial charge is 0.468 e. The summed E-state index contributed by atoms with van der Waals surface area (Å²) in [5, 5.41) is 3.36. The summed E-state index contributed by atoms with van der Waals surface area (Å²) in [7, 11) is 0. The smallest absolute Gasteiger partial charge is 0.120 e.